The van der Waals surface area contributed by atoms with Crippen LogP contribution in [0.3, 0.4) is 0 Å². The molecular formula is C38H50FN5O7. The third kappa shape index (κ3) is 7.93. The van der Waals surface area contributed by atoms with Gasteiger partial charge >= 0.3 is 6.09 Å². The number of hydrogen-bond donors (Lipinski definition) is 2. The number of amides is 4. The lowest BCUT2D eigenvalue weighted by molar-refractivity contribution is -0.136. The zero-order chi connectivity index (χ0) is 36.4. The molecule has 4 amide bonds. The van der Waals surface area contributed by atoms with Crippen LogP contribution in [0.4, 0.5) is 14.9 Å². The number of nitrogens with zero attached hydrogens (tertiary/aromatic N) is 4. The second kappa shape index (κ2) is 15.1. The summed E-state index contributed by atoms with van der Waals surface area (Å²) < 4.78 is 26.8. The Morgan fingerprint density at radius 3 is 2.45 bits per heavy atom. The topological polar surface area (TPSA) is 132 Å². The van der Waals surface area contributed by atoms with Crippen molar-refractivity contribution in [1.29, 1.82) is 0 Å². The number of halogens is 1. The fourth-order valence-corrected chi connectivity index (χ4v) is 8.08. The number of hydrogen-bond acceptors (Lipinski definition) is 8. The number of nitrogens with one attached hydrogen (secondary N) is 1. The Balaban J connectivity index is 0.947. The smallest absolute Gasteiger partial charge is 0.407 e. The molecule has 2 aromatic carbocycles. The number of rotatable bonds is 10. The molecule has 12 nitrogen and oxygen atoms in total. The monoisotopic (exact) mass is 707 g/mol. The van der Waals surface area contributed by atoms with Crippen molar-refractivity contribution in [2.75, 3.05) is 57.9 Å². The normalized spacial score (nSPS) is 23.0. The van der Waals surface area contributed by atoms with Crippen LogP contribution < -0.4 is 19.7 Å². The van der Waals surface area contributed by atoms with E-state index in [9.17, 15) is 24.3 Å². The number of carbonyl (C=O) groups is 4. The van der Waals surface area contributed by atoms with Gasteiger partial charge in [0.15, 0.2) is 0 Å². The SMILES string of the molecule is COc1cc(N2CCN(CCCCOc3ccc(C4CCN(C(=O)O)C(C(C)(C)C)C4)c(F)c3)CC2)cc2c1C(=O)N(C1CCC(=O)NC1=O)C2. The molecule has 3 saturated heterocycles. The fraction of sp³-hybridized carbons (Fsp3) is 0.579. The summed E-state index contributed by atoms with van der Waals surface area (Å²) in [7, 11) is 1.55. The van der Waals surface area contributed by atoms with Crippen molar-refractivity contribution in [3.05, 3.63) is 52.8 Å². The molecule has 276 valence electrons. The van der Waals surface area contributed by atoms with Crippen molar-refractivity contribution < 1.29 is 38.1 Å². The summed E-state index contributed by atoms with van der Waals surface area (Å²) in [5, 5.41) is 12.0. The number of benzene rings is 2. The van der Waals surface area contributed by atoms with Crippen LogP contribution in [0.5, 0.6) is 11.5 Å². The lowest BCUT2D eigenvalue weighted by Crippen LogP contribution is -2.52. The van der Waals surface area contributed by atoms with Gasteiger partial charge in [-0.25, -0.2) is 9.18 Å². The lowest BCUT2D eigenvalue weighted by atomic mass is 9.75. The fourth-order valence-electron chi connectivity index (χ4n) is 8.08. The van der Waals surface area contributed by atoms with Crippen molar-refractivity contribution in [3.8, 4) is 11.5 Å². The van der Waals surface area contributed by atoms with Gasteiger partial charge in [0.1, 0.15) is 23.4 Å². The van der Waals surface area contributed by atoms with Crippen LogP contribution in [0.25, 0.3) is 0 Å². The summed E-state index contributed by atoms with van der Waals surface area (Å²) in [5.74, 6) is -0.325. The van der Waals surface area contributed by atoms with Gasteiger partial charge in [0.25, 0.3) is 5.91 Å². The Bertz CT molecular complexity index is 1650. The highest BCUT2D eigenvalue weighted by atomic mass is 19.1. The number of fused-ring (bicyclic) bond motifs is 1. The number of piperazine rings is 1. The molecule has 2 aromatic rings. The van der Waals surface area contributed by atoms with E-state index in [0.717, 1.165) is 56.8 Å². The van der Waals surface area contributed by atoms with Gasteiger partial charge in [0.05, 0.1) is 19.3 Å². The van der Waals surface area contributed by atoms with Gasteiger partial charge < -0.3 is 29.3 Å². The maximum atomic E-state index is 15.3. The molecule has 4 aliphatic rings. The van der Waals surface area contributed by atoms with Gasteiger partial charge in [-0.2, -0.15) is 0 Å². The number of methoxy groups -OCH3 is 1. The highest BCUT2D eigenvalue weighted by Crippen LogP contribution is 2.41. The minimum atomic E-state index is -0.918. The first-order valence-electron chi connectivity index (χ1n) is 18.1. The Morgan fingerprint density at radius 2 is 1.78 bits per heavy atom. The zero-order valence-electron chi connectivity index (χ0n) is 30.1. The maximum Gasteiger partial charge on any atom is 0.407 e. The summed E-state index contributed by atoms with van der Waals surface area (Å²) >= 11 is 0. The van der Waals surface area contributed by atoms with Crippen LogP contribution in [0.1, 0.15) is 86.7 Å². The predicted molar refractivity (Wildman–Crippen MR) is 189 cm³/mol. The maximum absolute atomic E-state index is 15.3. The Kier molecular flexibility index (Phi) is 10.8. The zero-order valence-corrected chi connectivity index (χ0v) is 30.1. The number of carbonyl (C=O) groups excluding carboxylic acids is 3. The molecule has 0 aliphatic carbocycles. The van der Waals surface area contributed by atoms with Crippen molar-refractivity contribution >= 4 is 29.5 Å². The van der Waals surface area contributed by atoms with Crippen molar-refractivity contribution in [2.24, 2.45) is 5.41 Å². The van der Waals surface area contributed by atoms with Gasteiger partial charge in [-0.15, -0.1) is 0 Å². The third-order valence-electron chi connectivity index (χ3n) is 10.9. The number of anilines is 1. The highest BCUT2D eigenvalue weighted by Gasteiger charge is 2.42. The van der Waals surface area contributed by atoms with Gasteiger partial charge in [-0.1, -0.05) is 26.8 Å². The molecule has 2 N–H and O–H groups in total. The average Bonchev–Trinajstić information content (AvgIpc) is 3.43. The molecule has 0 spiro atoms. The molecule has 4 aliphatic heterocycles. The third-order valence-corrected chi connectivity index (χ3v) is 10.9. The molecule has 0 bridgehead atoms. The van der Waals surface area contributed by atoms with Gasteiger partial charge in [-0.3, -0.25) is 24.6 Å². The van der Waals surface area contributed by atoms with Crippen LogP contribution >= 0.6 is 0 Å². The first-order valence-corrected chi connectivity index (χ1v) is 18.1. The predicted octanol–water partition coefficient (Wildman–Crippen LogP) is 4.85. The number of imide groups is 1. The molecule has 0 aromatic heterocycles. The lowest BCUT2D eigenvalue weighted by Gasteiger charge is -2.44. The molecule has 4 heterocycles. The van der Waals surface area contributed by atoms with E-state index >= 15 is 4.39 Å². The Labute approximate surface area is 298 Å². The van der Waals surface area contributed by atoms with Crippen molar-refractivity contribution in [3.63, 3.8) is 0 Å². The molecule has 6 rings (SSSR count). The average molecular weight is 708 g/mol. The summed E-state index contributed by atoms with van der Waals surface area (Å²) in [6, 6.07) is 8.15. The number of carboxylic acid groups (broad SMARTS) is 1. The van der Waals surface area contributed by atoms with Crippen LogP contribution in [-0.2, 0) is 16.1 Å². The number of unbranched alkanes of at least 4 members (excludes halogenated alkanes) is 1. The first-order chi connectivity index (χ1) is 24.3. The molecule has 3 unspecified atom stereocenters. The first kappa shape index (κ1) is 36.4. The molecule has 3 atom stereocenters. The quantitative estimate of drug-likeness (QED) is 0.263. The van der Waals surface area contributed by atoms with E-state index in [1.807, 2.05) is 39.0 Å². The van der Waals surface area contributed by atoms with Gasteiger partial charge in [-0.05, 0) is 73.2 Å². The summed E-state index contributed by atoms with van der Waals surface area (Å²) in [4.78, 5) is 57.0. The molecule has 3 fully saturated rings. The second-order valence-corrected chi connectivity index (χ2v) is 15.2. The van der Waals surface area contributed by atoms with E-state index in [2.05, 4.69) is 15.1 Å². The van der Waals surface area contributed by atoms with E-state index in [4.69, 9.17) is 9.47 Å². The van der Waals surface area contributed by atoms with Crippen molar-refractivity contribution in [1.82, 2.24) is 20.0 Å². The van der Waals surface area contributed by atoms with E-state index in [0.29, 0.717) is 61.6 Å². The van der Waals surface area contributed by atoms with Crippen LogP contribution in [0.2, 0.25) is 0 Å². The summed E-state index contributed by atoms with van der Waals surface area (Å²) in [5.41, 5.74) is 2.68. The van der Waals surface area contributed by atoms with Gasteiger partial charge in [0.2, 0.25) is 11.8 Å². The number of piperidine rings is 2. The molecule has 13 heteroatoms. The van der Waals surface area contributed by atoms with E-state index in [1.54, 1.807) is 18.1 Å². The van der Waals surface area contributed by atoms with E-state index in [1.165, 1.54) is 11.0 Å². The van der Waals surface area contributed by atoms with E-state index < -0.39 is 18.0 Å². The largest absolute Gasteiger partial charge is 0.496 e. The molecular weight excluding hydrogens is 657 g/mol. The van der Waals surface area contributed by atoms with Crippen molar-refractivity contribution in [2.45, 2.75) is 83.8 Å². The molecule has 0 saturated carbocycles. The number of ether oxygens (including phenoxy) is 2. The Morgan fingerprint density at radius 1 is 1.02 bits per heavy atom. The standard InChI is InChI=1S/C38H50FN5O7/c1-38(2,3)32-20-24(11-13-43(32)37(48)49)28-8-7-27(22-29(28)39)51-18-6-5-12-41-14-16-42(17-15-41)26-19-25-23-44(30-9-10-33(45)40-35(30)46)36(47)34(25)31(21-26)50-4/h7-8,19,21-22,24,30,32H,5-6,9-18,20,23H2,1-4H3,(H,48,49)(H,40,45,46). The van der Waals surface area contributed by atoms with Crippen LogP contribution in [0.15, 0.2) is 30.3 Å². The minimum absolute atomic E-state index is 0.0383. The second-order valence-electron chi connectivity index (χ2n) is 15.2. The van der Waals surface area contributed by atoms with Crippen LogP contribution in [-0.4, -0.2) is 109 Å². The van der Waals surface area contributed by atoms with Crippen LogP contribution in [0, 0.1) is 11.2 Å². The Hall–Kier alpha value is -4.39. The summed E-state index contributed by atoms with van der Waals surface area (Å²) in [6.45, 7) is 11.6. The molecule has 51 heavy (non-hydrogen) atoms. The summed E-state index contributed by atoms with van der Waals surface area (Å²) in [6.07, 6.45) is 2.58. The molecule has 0 radical (unpaired) electrons. The number of likely N-dealkylation sites (tertiary alicyclic amines) is 1. The van der Waals surface area contributed by atoms with E-state index in [-0.39, 0.29) is 41.4 Å². The minimum Gasteiger partial charge on any atom is -0.496 e. The van der Waals surface area contributed by atoms with Gasteiger partial charge in [0, 0.05) is 69.6 Å². The highest BCUT2D eigenvalue weighted by molar-refractivity contribution is 6.06.